The molecule has 21 heteroatoms. The predicted octanol–water partition coefficient (Wildman–Crippen LogP) is -3.31. The first-order valence-corrected chi connectivity index (χ1v) is 16.0. The van der Waals surface area contributed by atoms with Crippen LogP contribution in [-0.4, -0.2) is 97.3 Å². The fourth-order valence-corrected chi connectivity index (χ4v) is 5.23. The summed E-state index contributed by atoms with van der Waals surface area (Å²) in [6.45, 7) is -0.181. The van der Waals surface area contributed by atoms with Crippen LogP contribution in [0, 0.1) is 3.70 Å². The number of carbonyl (C=O) groups excluding carboxylic acids is 3. The first kappa shape index (κ1) is 50.4. The predicted molar refractivity (Wildman–Crippen MR) is 200 cm³/mol. The van der Waals surface area contributed by atoms with Crippen molar-refractivity contribution in [2.75, 3.05) is 35.5 Å². The molecule has 4 aromatic carbocycles. The second-order valence-electron chi connectivity index (χ2n) is 10.2. The van der Waals surface area contributed by atoms with E-state index in [4.69, 9.17) is 43.8 Å². The monoisotopic (exact) mass is 922 g/mol. The van der Waals surface area contributed by atoms with Crippen molar-refractivity contribution in [3.8, 4) is 45.8 Å². The molecule has 2 aromatic heterocycles. The molecule has 280 valence electrons. The zero-order chi connectivity index (χ0) is 39.1. The van der Waals surface area contributed by atoms with E-state index in [9.17, 15) is 14.7 Å². The second-order valence-corrected chi connectivity index (χ2v) is 11.3. The Bertz CT molecular complexity index is 2130. The molecule has 0 saturated carbocycles. The number of carbonyl (C=O) groups is 3. The largest absolute Gasteiger partial charge is 1.00 e. The fourth-order valence-electron chi connectivity index (χ4n) is 4.68. The average molecular weight is 923 g/mol. The van der Waals surface area contributed by atoms with Crippen LogP contribution in [-0.2, 0) is 9.68 Å². The molecule has 0 bridgehead atoms. The van der Waals surface area contributed by atoms with Crippen molar-refractivity contribution in [1.29, 1.82) is 0 Å². The van der Waals surface area contributed by atoms with Crippen LogP contribution in [0.2, 0.25) is 0 Å². The van der Waals surface area contributed by atoms with Crippen LogP contribution in [0.25, 0.3) is 33.1 Å². The van der Waals surface area contributed by atoms with E-state index >= 15 is 0 Å². The van der Waals surface area contributed by atoms with E-state index in [0.717, 1.165) is 43.6 Å². The number of halogens is 1. The molecule has 17 nitrogen and oxygen atoms in total. The van der Waals surface area contributed by atoms with Gasteiger partial charge in [0, 0.05) is 27.5 Å². The Morgan fingerprint density at radius 2 is 1.24 bits per heavy atom. The van der Waals surface area contributed by atoms with Crippen LogP contribution in [0.4, 0.5) is 0 Å². The molecule has 2 heterocycles. The number of hydrogen-bond donors (Lipinski definition) is 5. The number of ether oxygens (including phenoxy) is 5. The van der Waals surface area contributed by atoms with E-state index < -0.39 is 7.12 Å². The van der Waals surface area contributed by atoms with Crippen LogP contribution in [0.15, 0.2) is 60.7 Å². The number of nitrogens with zero attached hydrogens (tertiary/aromatic N) is 2. The molecule has 0 fully saturated rings. The van der Waals surface area contributed by atoms with E-state index in [1.54, 1.807) is 39.5 Å². The summed E-state index contributed by atoms with van der Waals surface area (Å²) in [7, 11) is 5.78. The first-order valence-electron chi connectivity index (χ1n) is 14.9. The van der Waals surface area contributed by atoms with Crippen LogP contribution < -0.4 is 137 Å². The summed E-state index contributed by atoms with van der Waals surface area (Å²) in [4.78, 5) is 32.7. The minimum Gasteiger partial charge on any atom is -1.00 e. The van der Waals surface area contributed by atoms with E-state index in [2.05, 4.69) is 47.9 Å². The van der Waals surface area contributed by atoms with Crippen molar-refractivity contribution in [3.05, 3.63) is 75.5 Å². The molecule has 55 heavy (non-hydrogen) atoms. The summed E-state index contributed by atoms with van der Waals surface area (Å²) in [6.07, 6.45) is 1.65. The number of phenols is 1. The quantitative estimate of drug-likeness (QED) is 0.0297. The Morgan fingerprint density at radius 1 is 0.727 bits per heavy atom. The molecule has 0 aliphatic carbocycles. The third-order valence-corrected chi connectivity index (χ3v) is 7.99. The number of phenolic OH excluding ortho intramolecular Hbond substituents is 1. The van der Waals surface area contributed by atoms with Crippen molar-refractivity contribution in [2.45, 2.75) is 0 Å². The number of aromatic amines is 2. The Hall–Kier alpha value is -2.62. The summed E-state index contributed by atoms with van der Waals surface area (Å²) < 4.78 is 26.7. The van der Waals surface area contributed by atoms with Gasteiger partial charge in [-0.2, -0.15) is 10.2 Å². The summed E-state index contributed by atoms with van der Waals surface area (Å²) in [6, 6.07) is 17.1. The molecular formula is C34H34BIK2N4O13. The Balaban J connectivity index is 0.000000794. The van der Waals surface area contributed by atoms with E-state index in [-0.39, 0.29) is 133 Å². The minimum atomic E-state index is -1.63. The summed E-state index contributed by atoms with van der Waals surface area (Å²) in [5.41, 5.74) is 4.71. The summed E-state index contributed by atoms with van der Waals surface area (Å²) >= 11 is 2.15. The standard InChI is InChI=1S/C17H16N2O4.C8H11BO5.C8H5IN2O.CH2O3.2K.H/c1-21-14-7-11(8-15(22-2)17(14)23-3)16-12-6-10(9-20)4-5-13(12)18-19-16;1-13-6-3-5(9(11)12)4-7(14-2)8(6)10;9-8-6-3-5(4-12)1-2-7(6)10-11-8;2-1-4-3;;;/h4-9H,1-3H3,(H,18,19);3-4,10-12H,1-2H3;1-4H,(H,10,11);1,3H;;;/q;;;;2*+1;-1/p-1. The molecule has 0 atom stereocenters. The van der Waals surface area contributed by atoms with Crippen molar-refractivity contribution in [1.82, 2.24) is 20.4 Å². The third-order valence-electron chi connectivity index (χ3n) is 7.17. The minimum absolute atomic E-state index is 0. The Labute approximate surface area is 414 Å². The number of H-pyrrole nitrogens is 2. The summed E-state index contributed by atoms with van der Waals surface area (Å²) in [5, 5.41) is 51.8. The van der Waals surface area contributed by atoms with Gasteiger partial charge < -0.3 is 50.4 Å². The van der Waals surface area contributed by atoms with Gasteiger partial charge in [-0.15, -0.1) is 0 Å². The number of rotatable bonds is 10. The van der Waals surface area contributed by atoms with Crippen molar-refractivity contribution in [3.63, 3.8) is 0 Å². The van der Waals surface area contributed by atoms with Gasteiger partial charge in [0.1, 0.15) is 22.0 Å². The maximum Gasteiger partial charge on any atom is 1.00 e. The Morgan fingerprint density at radius 3 is 1.69 bits per heavy atom. The topological polar surface area (TPSA) is 248 Å². The molecule has 0 saturated heterocycles. The molecular weight excluding hydrogens is 888 g/mol. The molecule has 6 aromatic rings. The fraction of sp³-hybridized carbons (Fsp3) is 0.147. The van der Waals surface area contributed by atoms with Crippen LogP contribution in [0.5, 0.6) is 34.5 Å². The normalized spacial score (nSPS) is 9.55. The zero-order valence-corrected chi connectivity index (χ0v) is 39.2. The molecule has 0 amide bonds. The van der Waals surface area contributed by atoms with Gasteiger partial charge in [-0.25, -0.2) is 0 Å². The number of benzene rings is 4. The molecule has 0 spiro atoms. The molecule has 6 rings (SSSR count). The van der Waals surface area contributed by atoms with Gasteiger partial charge >= 0.3 is 110 Å². The number of nitrogens with one attached hydrogen (secondary N) is 2. The second kappa shape index (κ2) is 25.6. The third kappa shape index (κ3) is 13.5. The maximum absolute atomic E-state index is 11.0. The number of aromatic hydroxyl groups is 1. The van der Waals surface area contributed by atoms with E-state index in [0.29, 0.717) is 34.1 Å². The molecule has 0 unspecified atom stereocenters. The number of aromatic nitrogens is 4. The number of aldehydes is 2. The van der Waals surface area contributed by atoms with E-state index in [1.807, 2.05) is 30.3 Å². The average Bonchev–Trinajstić information content (AvgIpc) is 3.80. The molecule has 0 radical (unpaired) electrons. The molecule has 5 N–H and O–H groups in total. The summed E-state index contributed by atoms with van der Waals surface area (Å²) in [5.74, 6) is 1.71. The number of hydrogen-bond acceptors (Lipinski definition) is 15. The van der Waals surface area contributed by atoms with Gasteiger partial charge in [0.2, 0.25) is 11.5 Å². The van der Waals surface area contributed by atoms with Gasteiger partial charge in [0.25, 0.3) is 6.47 Å². The maximum atomic E-state index is 11.0. The van der Waals surface area contributed by atoms with Crippen molar-refractivity contribution >= 4 is 76.0 Å². The number of methoxy groups -OCH3 is 5. The molecule has 0 aliphatic rings. The SMILES string of the molecule is COc1cc(-c2n[nH]c3ccc(C=O)cc23)cc(OC)c1OC.COc1cc(B(O)O)cc(OC)c1O.O=CO[O-].O=Cc1ccc2n[nH]c(I)c2c1.[H-].[K+].[K+]. The van der Waals surface area contributed by atoms with Crippen LogP contribution >= 0.6 is 22.6 Å². The zero-order valence-electron chi connectivity index (χ0n) is 31.8. The first-order chi connectivity index (χ1) is 25.5. The van der Waals surface area contributed by atoms with Gasteiger partial charge in [-0.1, -0.05) is 0 Å². The van der Waals surface area contributed by atoms with Crippen molar-refractivity contribution < 1.29 is 168 Å². The smallest absolute Gasteiger partial charge is 1.00 e. The number of fused-ring (bicyclic) bond motifs is 2. The molecule has 0 aliphatic heterocycles. The van der Waals surface area contributed by atoms with Gasteiger partial charge in [0.15, 0.2) is 23.0 Å². The van der Waals surface area contributed by atoms with Crippen molar-refractivity contribution in [2.24, 2.45) is 0 Å². The van der Waals surface area contributed by atoms with E-state index in [1.165, 1.54) is 26.4 Å². The van der Waals surface area contributed by atoms with Gasteiger partial charge in [-0.3, -0.25) is 24.6 Å². The Kier molecular flexibility index (Phi) is 23.5. The van der Waals surface area contributed by atoms with Gasteiger partial charge in [0.05, 0.1) is 46.6 Å². The van der Waals surface area contributed by atoms with Crippen LogP contribution in [0.3, 0.4) is 0 Å². The van der Waals surface area contributed by atoms with Crippen LogP contribution in [0.1, 0.15) is 22.1 Å². The van der Waals surface area contributed by atoms with Gasteiger partial charge in [-0.05, 0) is 88.7 Å².